The molecule has 3 unspecified atom stereocenters. The van der Waals surface area contributed by atoms with Gasteiger partial charge in [0, 0.05) is 6.61 Å². The van der Waals surface area contributed by atoms with E-state index < -0.39 is 14.3 Å². The second-order valence-electron chi connectivity index (χ2n) is 5.09. The first-order valence-corrected chi connectivity index (χ1v) is 8.37. The highest BCUT2D eigenvalue weighted by Gasteiger charge is 2.38. The molecule has 0 amide bonds. The Kier molecular flexibility index (Phi) is 8.24. The SMILES string of the molecule is CCOC(=O)C(CC1CCCCC1)C(OCC)[PH+]=O. The molecule has 3 atom stereocenters. The summed E-state index contributed by atoms with van der Waals surface area (Å²) in [4.78, 5) is 12.1. The Morgan fingerprint density at radius 2 is 1.89 bits per heavy atom. The fourth-order valence-electron chi connectivity index (χ4n) is 2.79. The van der Waals surface area contributed by atoms with Crippen molar-refractivity contribution >= 4 is 14.4 Å². The van der Waals surface area contributed by atoms with Gasteiger partial charge in [0.1, 0.15) is 5.92 Å². The zero-order valence-corrected chi connectivity index (χ0v) is 13.0. The van der Waals surface area contributed by atoms with E-state index in [2.05, 4.69) is 0 Å². The lowest BCUT2D eigenvalue weighted by atomic mass is 9.83. The van der Waals surface area contributed by atoms with Crippen molar-refractivity contribution in [1.82, 2.24) is 0 Å². The molecular formula is C14H26O4P+. The van der Waals surface area contributed by atoms with E-state index in [4.69, 9.17) is 9.47 Å². The lowest BCUT2D eigenvalue weighted by Gasteiger charge is -2.25. The number of hydrogen-bond donors (Lipinski definition) is 0. The first-order valence-electron chi connectivity index (χ1n) is 7.38. The third-order valence-corrected chi connectivity index (χ3v) is 4.53. The quantitative estimate of drug-likeness (QED) is 0.507. The number of carbonyl (C=O) groups excluding carboxylic acids is 1. The Labute approximate surface area is 117 Å². The van der Waals surface area contributed by atoms with Crippen LogP contribution in [0, 0.1) is 11.8 Å². The molecule has 0 aromatic rings. The number of ether oxygens (including phenoxy) is 2. The molecule has 0 bridgehead atoms. The molecule has 0 aromatic heterocycles. The van der Waals surface area contributed by atoms with Gasteiger partial charge in [-0.2, -0.15) is 0 Å². The van der Waals surface area contributed by atoms with Gasteiger partial charge in [-0.3, -0.25) is 4.79 Å². The lowest BCUT2D eigenvalue weighted by Crippen LogP contribution is -2.31. The molecule has 1 saturated carbocycles. The van der Waals surface area contributed by atoms with Gasteiger partial charge in [-0.1, -0.05) is 36.7 Å². The Morgan fingerprint density at radius 1 is 1.21 bits per heavy atom. The molecule has 1 rings (SSSR count). The molecule has 5 heteroatoms. The van der Waals surface area contributed by atoms with Crippen molar-refractivity contribution in [1.29, 1.82) is 0 Å². The van der Waals surface area contributed by atoms with E-state index in [-0.39, 0.29) is 11.9 Å². The average molecular weight is 289 g/mol. The van der Waals surface area contributed by atoms with Crippen molar-refractivity contribution in [2.45, 2.75) is 58.2 Å². The van der Waals surface area contributed by atoms with Crippen LogP contribution in [0.1, 0.15) is 52.4 Å². The summed E-state index contributed by atoms with van der Waals surface area (Å²) in [5.41, 5.74) is 0. The molecule has 0 radical (unpaired) electrons. The van der Waals surface area contributed by atoms with Crippen LogP contribution in [0.4, 0.5) is 0 Å². The summed E-state index contributed by atoms with van der Waals surface area (Å²) in [6.07, 6.45) is 6.84. The summed E-state index contributed by atoms with van der Waals surface area (Å²) in [5, 5.41) is 0. The predicted molar refractivity (Wildman–Crippen MR) is 75.7 cm³/mol. The first kappa shape index (κ1) is 16.6. The minimum Gasteiger partial charge on any atom is -0.466 e. The summed E-state index contributed by atoms with van der Waals surface area (Å²) in [6, 6.07) is 0. The topological polar surface area (TPSA) is 52.6 Å². The summed E-state index contributed by atoms with van der Waals surface area (Å²) in [7, 11) is -0.619. The molecule has 0 aromatic carbocycles. The van der Waals surface area contributed by atoms with Gasteiger partial charge in [0.05, 0.1) is 6.61 Å². The zero-order chi connectivity index (χ0) is 14.1. The molecule has 1 aliphatic carbocycles. The van der Waals surface area contributed by atoms with Crippen LogP contribution in [0.3, 0.4) is 0 Å². The van der Waals surface area contributed by atoms with Crippen LogP contribution in [0.25, 0.3) is 0 Å². The molecule has 0 aliphatic heterocycles. The standard InChI is InChI=1S/C14H25O4P/c1-3-17-13(15)12(14(19-16)18-4-2)10-11-8-6-5-7-9-11/h11-12,14H,3-10H2,1-2H3/p+1. The average Bonchev–Trinajstić information content (AvgIpc) is 2.44. The minimum atomic E-state index is -0.619. The summed E-state index contributed by atoms with van der Waals surface area (Å²) in [6.45, 7) is 4.49. The van der Waals surface area contributed by atoms with Gasteiger partial charge in [0.15, 0.2) is 0 Å². The Morgan fingerprint density at radius 3 is 2.42 bits per heavy atom. The van der Waals surface area contributed by atoms with Crippen LogP contribution in [0.2, 0.25) is 0 Å². The summed E-state index contributed by atoms with van der Waals surface area (Å²) < 4.78 is 21.9. The highest BCUT2D eigenvalue weighted by Crippen LogP contribution is 2.33. The van der Waals surface area contributed by atoms with Crippen molar-refractivity contribution < 1.29 is 18.8 Å². The van der Waals surface area contributed by atoms with Crippen LogP contribution in [0.5, 0.6) is 0 Å². The van der Waals surface area contributed by atoms with Crippen molar-refractivity contribution in [2.75, 3.05) is 13.2 Å². The van der Waals surface area contributed by atoms with Gasteiger partial charge in [0.2, 0.25) is 0 Å². The van der Waals surface area contributed by atoms with Crippen molar-refractivity contribution in [3.63, 3.8) is 0 Å². The lowest BCUT2D eigenvalue weighted by molar-refractivity contribution is -0.152. The van der Waals surface area contributed by atoms with Crippen molar-refractivity contribution in [3.8, 4) is 0 Å². The fraction of sp³-hybridized carbons (Fsp3) is 0.929. The molecule has 4 nitrogen and oxygen atoms in total. The molecule has 0 saturated heterocycles. The van der Waals surface area contributed by atoms with Gasteiger partial charge >= 0.3 is 14.4 Å². The number of carbonyl (C=O) groups is 1. The van der Waals surface area contributed by atoms with Crippen LogP contribution < -0.4 is 0 Å². The molecule has 1 fully saturated rings. The molecule has 0 heterocycles. The molecule has 0 spiro atoms. The van der Waals surface area contributed by atoms with Gasteiger partial charge in [0.25, 0.3) is 5.85 Å². The number of rotatable bonds is 8. The fourth-order valence-corrected chi connectivity index (χ4v) is 3.46. The van der Waals surface area contributed by atoms with Gasteiger partial charge in [-0.05, 0) is 26.2 Å². The molecule has 0 N–H and O–H groups in total. The van der Waals surface area contributed by atoms with Gasteiger partial charge < -0.3 is 9.47 Å². The van der Waals surface area contributed by atoms with Crippen molar-refractivity contribution in [2.24, 2.45) is 11.8 Å². The third kappa shape index (κ3) is 5.58. The maximum absolute atomic E-state index is 12.1. The maximum Gasteiger partial charge on any atom is 0.357 e. The summed E-state index contributed by atoms with van der Waals surface area (Å²) >= 11 is 0. The van der Waals surface area contributed by atoms with Gasteiger partial charge in [-0.25, -0.2) is 0 Å². The summed E-state index contributed by atoms with van der Waals surface area (Å²) in [5.74, 6) is -0.595. The smallest absolute Gasteiger partial charge is 0.357 e. The first-order chi connectivity index (χ1) is 9.22. The van der Waals surface area contributed by atoms with E-state index in [1.165, 1.54) is 19.3 Å². The predicted octanol–water partition coefficient (Wildman–Crippen LogP) is 3.52. The molecule has 1 aliphatic rings. The Balaban J connectivity index is 2.65. The second-order valence-corrected chi connectivity index (χ2v) is 5.90. The van der Waals surface area contributed by atoms with Gasteiger partial charge in [-0.15, -0.1) is 0 Å². The largest absolute Gasteiger partial charge is 0.466 e. The second kappa shape index (κ2) is 9.44. The molecule has 110 valence electrons. The monoisotopic (exact) mass is 289 g/mol. The van der Waals surface area contributed by atoms with Crippen LogP contribution in [0.15, 0.2) is 0 Å². The van der Waals surface area contributed by atoms with E-state index in [0.29, 0.717) is 19.1 Å². The van der Waals surface area contributed by atoms with E-state index in [1.54, 1.807) is 6.92 Å². The zero-order valence-electron chi connectivity index (χ0n) is 12.0. The van der Waals surface area contributed by atoms with E-state index in [1.807, 2.05) is 6.92 Å². The van der Waals surface area contributed by atoms with Crippen molar-refractivity contribution in [3.05, 3.63) is 0 Å². The van der Waals surface area contributed by atoms with E-state index in [9.17, 15) is 9.36 Å². The van der Waals surface area contributed by atoms with Crippen LogP contribution in [-0.4, -0.2) is 25.0 Å². The van der Waals surface area contributed by atoms with E-state index in [0.717, 1.165) is 19.3 Å². The number of hydrogen-bond acceptors (Lipinski definition) is 4. The van der Waals surface area contributed by atoms with Crippen LogP contribution >= 0.6 is 8.46 Å². The molecular weight excluding hydrogens is 263 g/mol. The Hall–Kier alpha value is -0.470. The maximum atomic E-state index is 12.1. The normalized spacial score (nSPS) is 20.1. The van der Waals surface area contributed by atoms with E-state index >= 15 is 0 Å². The third-order valence-electron chi connectivity index (χ3n) is 3.73. The molecule has 19 heavy (non-hydrogen) atoms. The highest BCUT2D eigenvalue weighted by atomic mass is 31.1. The number of esters is 1. The minimum absolute atomic E-state index is 0.255. The Bertz CT molecular complexity index is 277. The van der Waals surface area contributed by atoms with Crippen LogP contribution in [-0.2, 0) is 18.8 Å². The highest BCUT2D eigenvalue weighted by molar-refractivity contribution is 7.24.